The molecule has 1 N–H and O–H groups in total. The van der Waals surface area contributed by atoms with Crippen LogP contribution in [0.15, 0.2) is 84.7 Å². The van der Waals surface area contributed by atoms with Gasteiger partial charge in [0.05, 0.1) is 5.70 Å². The third-order valence-electron chi connectivity index (χ3n) is 5.69. The van der Waals surface area contributed by atoms with Gasteiger partial charge in [0.25, 0.3) is 0 Å². The molecule has 5 nitrogen and oxygen atoms in total. The Hall–Kier alpha value is -3.64. The predicted octanol–water partition coefficient (Wildman–Crippen LogP) is 5.63. The Labute approximate surface area is 182 Å². The summed E-state index contributed by atoms with van der Waals surface area (Å²) in [5, 5.41) is 8.51. The first kappa shape index (κ1) is 18.2. The van der Waals surface area contributed by atoms with Crippen molar-refractivity contribution in [1.29, 1.82) is 0 Å². The van der Waals surface area contributed by atoms with Crippen molar-refractivity contribution in [2.45, 2.75) is 12.1 Å². The molecule has 0 fully saturated rings. The first-order valence-corrected chi connectivity index (χ1v) is 10.2. The second-order valence-corrected chi connectivity index (χ2v) is 7.89. The van der Waals surface area contributed by atoms with Crippen molar-refractivity contribution < 1.29 is 9.13 Å². The zero-order valence-corrected chi connectivity index (χ0v) is 16.9. The quantitative estimate of drug-likeness (QED) is 0.447. The van der Waals surface area contributed by atoms with Gasteiger partial charge >= 0.3 is 0 Å². The third-order valence-corrected chi connectivity index (χ3v) is 5.95. The van der Waals surface area contributed by atoms with Crippen molar-refractivity contribution in [2.24, 2.45) is 0 Å². The number of para-hydroxylation sites is 1. The van der Waals surface area contributed by atoms with Crippen LogP contribution in [0, 0.1) is 5.82 Å². The maximum atomic E-state index is 15.0. The number of hydrogen-bond donors (Lipinski definition) is 1. The van der Waals surface area contributed by atoms with Crippen LogP contribution in [0.3, 0.4) is 0 Å². The first-order chi connectivity index (χ1) is 15.2. The van der Waals surface area contributed by atoms with Gasteiger partial charge in [0.1, 0.15) is 23.9 Å². The largest absolute Gasteiger partial charge is 0.480 e. The van der Waals surface area contributed by atoms with E-state index in [1.165, 1.54) is 12.4 Å². The number of benzene rings is 3. The molecule has 0 spiro atoms. The summed E-state index contributed by atoms with van der Waals surface area (Å²) in [6.07, 6.45) is 0.866. The van der Waals surface area contributed by atoms with Gasteiger partial charge in [0.2, 0.25) is 5.95 Å². The molecule has 7 heteroatoms. The molecule has 0 saturated carbocycles. The Morgan fingerprint density at radius 2 is 1.74 bits per heavy atom. The van der Waals surface area contributed by atoms with Crippen molar-refractivity contribution >= 4 is 23.2 Å². The summed E-state index contributed by atoms with van der Waals surface area (Å²) in [5.41, 5.74) is 4.04. The predicted molar refractivity (Wildman–Crippen MR) is 116 cm³/mol. The van der Waals surface area contributed by atoms with E-state index in [9.17, 15) is 4.39 Å². The van der Waals surface area contributed by atoms with Crippen LogP contribution in [-0.2, 0) is 0 Å². The molecule has 31 heavy (non-hydrogen) atoms. The Kier molecular flexibility index (Phi) is 4.07. The highest BCUT2D eigenvalue weighted by Crippen LogP contribution is 2.50. The van der Waals surface area contributed by atoms with Crippen molar-refractivity contribution in [3.8, 4) is 5.75 Å². The second kappa shape index (κ2) is 6.96. The molecule has 152 valence electrons. The van der Waals surface area contributed by atoms with Crippen LogP contribution < -0.4 is 10.1 Å². The zero-order chi connectivity index (χ0) is 20.9. The van der Waals surface area contributed by atoms with Crippen LogP contribution in [-0.4, -0.2) is 14.8 Å². The molecule has 0 saturated heterocycles. The summed E-state index contributed by atoms with van der Waals surface area (Å²) in [4.78, 5) is 4.39. The second-order valence-electron chi connectivity index (χ2n) is 7.45. The molecule has 6 rings (SSSR count). The van der Waals surface area contributed by atoms with E-state index in [0.717, 1.165) is 22.4 Å². The van der Waals surface area contributed by atoms with Crippen molar-refractivity contribution in [3.63, 3.8) is 0 Å². The number of ether oxygens (including phenoxy) is 1. The van der Waals surface area contributed by atoms with E-state index in [0.29, 0.717) is 22.3 Å². The lowest BCUT2D eigenvalue weighted by molar-refractivity contribution is 0.218. The minimum atomic E-state index is -0.642. The van der Waals surface area contributed by atoms with Crippen LogP contribution in [0.5, 0.6) is 5.75 Å². The van der Waals surface area contributed by atoms with Crippen molar-refractivity contribution in [1.82, 2.24) is 14.8 Å². The lowest BCUT2D eigenvalue weighted by Crippen LogP contribution is -2.32. The van der Waals surface area contributed by atoms with E-state index in [-0.39, 0.29) is 11.9 Å². The van der Waals surface area contributed by atoms with Crippen molar-refractivity contribution in [2.75, 3.05) is 5.32 Å². The van der Waals surface area contributed by atoms with Gasteiger partial charge < -0.3 is 10.1 Å². The topological polar surface area (TPSA) is 52.0 Å². The number of fused-ring (bicyclic) bond motifs is 3. The highest BCUT2D eigenvalue weighted by Gasteiger charge is 2.41. The standard InChI is InChI=1S/C24H16ClFN4O/c25-15-11-9-14(10-12-15)22-20-21(29-24-27-13-28-30(22)24)17-6-2-4-8-19(17)31-23(20)16-5-1-3-7-18(16)26/h1-13,22-23H,(H,27,28,29)/t22-,23-/m1/s1. The number of nitrogens with one attached hydrogen (secondary N) is 1. The zero-order valence-electron chi connectivity index (χ0n) is 16.2. The lowest BCUT2D eigenvalue weighted by atomic mass is 9.84. The van der Waals surface area contributed by atoms with Crippen LogP contribution in [0.1, 0.15) is 28.8 Å². The Morgan fingerprint density at radius 1 is 0.968 bits per heavy atom. The van der Waals surface area contributed by atoms with E-state index >= 15 is 0 Å². The maximum Gasteiger partial charge on any atom is 0.226 e. The van der Waals surface area contributed by atoms with E-state index in [1.54, 1.807) is 16.8 Å². The summed E-state index contributed by atoms with van der Waals surface area (Å²) in [5.74, 6) is 0.977. The average molecular weight is 431 g/mol. The van der Waals surface area contributed by atoms with Gasteiger partial charge in [-0.2, -0.15) is 10.1 Å². The highest BCUT2D eigenvalue weighted by molar-refractivity contribution is 6.30. The minimum Gasteiger partial charge on any atom is -0.480 e. The van der Waals surface area contributed by atoms with Gasteiger partial charge in [-0.1, -0.05) is 54.1 Å². The summed E-state index contributed by atoms with van der Waals surface area (Å²) in [6.45, 7) is 0. The van der Waals surface area contributed by atoms with Gasteiger partial charge in [0, 0.05) is 21.7 Å². The van der Waals surface area contributed by atoms with Gasteiger partial charge in [-0.05, 0) is 35.9 Å². The minimum absolute atomic E-state index is 0.321. The smallest absolute Gasteiger partial charge is 0.226 e. The number of nitrogens with zero attached hydrogens (tertiary/aromatic N) is 3. The van der Waals surface area contributed by atoms with Crippen LogP contribution in [0.4, 0.5) is 10.3 Å². The molecular formula is C24H16ClFN4O. The fourth-order valence-corrected chi connectivity index (χ4v) is 4.46. The fourth-order valence-electron chi connectivity index (χ4n) is 4.33. The Morgan fingerprint density at radius 3 is 2.58 bits per heavy atom. The molecule has 1 aromatic heterocycles. The summed E-state index contributed by atoms with van der Waals surface area (Å²) >= 11 is 6.15. The molecular weight excluding hydrogens is 415 g/mol. The Bertz CT molecular complexity index is 1330. The molecule has 0 radical (unpaired) electrons. The molecule has 2 aliphatic heterocycles. The van der Waals surface area contributed by atoms with Gasteiger partial charge in [-0.15, -0.1) is 0 Å². The van der Waals surface area contributed by atoms with E-state index in [2.05, 4.69) is 15.4 Å². The molecule has 3 heterocycles. The molecule has 0 unspecified atom stereocenters. The van der Waals surface area contributed by atoms with Gasteiger partial charge in [0.15, 0.2) is 6.10 Å². The number of rotatable bonds is 2. The summed E-state index contributed by atoms with van der Waals surface area (Å²) in [7, 11) is 0. The van der Waals surface area contributed by atoms with Crippen molar-refractivity contribution in [3.05, 3.63) is 112 Å². The number of anilines is 1. The van der Waals surface area contributed by atoms with Crippen LogP contribution in [0.2, 0.25) is 5.02 Å². The fraction of sp³-hybridized carbons (Fsp3) is 0.0833. The molecule has 4 aromatic rings. The first-order valence-electron chi connectivity index (χ1n) is 9.87. The number of halogens is 2. The van der Waals surface area contributed by atoms with Crippen LogP contribution in [0.25, 0.3) is 5.70 Å². The number of aromatic nitrogens is 3. The molecule has 0 aliphatic carbocycles. The maximum absolute atomic E-state index is 15.0. The van der Waals surface area contributed by atoms with E-state index < -0.39 is 6.10 Å². The molecule has 3 aromatic carbocycles. The molecule has 0 amide bonds. The monoisotopic (exact) mass is 430 g/mol. The van der Waals surface area contributed by atoms with E-state index in [4.69, 9.17) is 16.3 Å². The lowest BCUT2D eigenvalue weighted by Gasteiger charge is -2.39. The van der Waals surface area contributed by atoms with Gasteiger partial charge in [-0.25, -0.2) is 9.07 Å². The third kappa shape index (κ3) is 2.83. The highest BCUT2D eigenvalue weighted by atomic mass is 35.5. The normalized spacial score (nSPS) is 19.0. The molecule has 2 aliphatic rings. The molecule has 2 atom stereocenters. The average Bonchev–Trinajstić information content (AvgIpc) is 3.27. The Balaban J connectivity index is 1.65. The SMILES string of the molecule is Fc1ccccc1[C@H]1Oc2ccccc2C2=C1[C@@H](c1ccc(Cl)cc1)n1ncnc1N2. The van der Waals surface area contributed by atoms with Crippen LogP contribution >= 0.6 is 11.6 Å². The van der Waals surface area contributed by atoms with Gasteiger partial charge in [-0.3, -0.25) is 0 Å². The summed E-state index contributed by atoms with van der Waals surface area (Å²) < 4.78 is 23.2. The summed E-state index contributed by atoms with van der Waals surface area (Å²) in [6, 6.07) is 21.7. The van der Waals surface area contributed by atoms with E-state index in [1.807, 2.05) is 54.6 Å². The molecule has 0 bridgehead atoms. The number of hydrogen-bond acceptors (Lipinski definition) is 4.